The summed E-state index contributed by atoms with van der Waals surface area (Å²) in [4.78, 5) is 26.8. The smallest absolute Gasteiger partial charge is 0.272 e. The van der Waals surface area contributed by atoms with Gasteiger partial charge in [-0.25, -0.2) is 5.10 Å². The number of nitrogens with one attached hydrogen (secondary N) is 3. The van der Waals surface area contributed by atoms with E-state index in [2.05, 4.69) is 20.5 Å². The first-order chi connectivity index (χ1) is 13.2. The number of anilines is 1. The predicted octanol–water partition coefficient (Wildman–Crippen LogP) is 3.68. The molecule has 0 spiro atoms. The third-order valence-electron chi connectivity index (χ3n) is 4.11. The third kappa shape index (κ3) is 3.69. The van der Waals surface area contributed by atoms with E-state index in [0.717, 1.165) is 16.8 Å². The zero-order chi connectivity index (χ0) is 18.6. The summed E-state index contributed by atoms with van der Waals surface area (Å²) in [5, 5.41) is 9.29. The fourth-order valence-corrected chi connectivity index (χ4v) is 2.77. The van der Waals surface area contributed by atoms with Gasteiger partial charge >= 0.3 is 0 Å². The zero-order valence-corrected chi connectivity index (χ0v) is 14.3. The average Bonchev–Trinajstić information content (AvgIpc) is 3.20. The summed E-state index contributed by atoms with van der Waals surface area (Å²) < 4.78 is 0. The second kappa shape index (κ2) is 7.13. The Morgan fingerprint density at radius 3 is 2.44 bits per heavy atom. The lowest BCUT2D eigenvalue weighted by Crippen LogP contribution is -2.12. The minimum absolute atomic E-state index is 0.233. The van der Waals surface area contributed by atoms with Gasteiger partial charge in [0.05, 0.1) is 5.69 Å². The first-order valence-electron chi connectivity index (χ1n) is 8.41. The van der Waals surface area contributed by atoms with Gasteiger partial charge in [0, 0.05) is 23.0 Å². The zero-order valence-electron chi connectivity index (χ0n) is 14.3. The molecule has 0 aliphatic heterocycles. The van der Waals surface area contributed by atoms with Gasteiger partial charge in [0.1, 0.15) is 5.69 Å². The average molecular weight is 356 g/mol. The topological polar surface area (TPSA) is 90.6 Å². The van der Waals surface area contributed by atoms with E-state index in [4.69, 9.17) is 0 Å². The lowest BCUT2D eigenvalue weighted by molar-refractivity contribution is 0.102. The van der Waals surface area contributed by atoms with Gasteiger partial charge in [0.2, 0.25) is 0 Å². The molecule has 0 radical (unpaired) electrons. The molecule has 3 N–H and O–H groups in total. The highest BCUT2D eigenvalue weighted by Gasteiger charge is 2.10. The minimum Gasteiger partial charge on any atom is -0.351 e. The summed E-state index contributed by atoms with van der Waals surface area (Å²) in [6.45, 7) is 0. The van der Waals surface area contributed by atoms with Crippen molar-refractivity contribution >= 4 is 11.6 Å². The number of nitrogens with zero attached hydrogens (tertiary/aromatic N) is 1. The van der Waals surface area contributed by atoms with Gasteiger partial charge in [-0.1, -0.05) is 42.5 Å². The van der Waals surface area contributed by atoms with Crippen molar-refractivity contribution in [1.29, 1.82) is 0 Å². The van der Waals surface area contributed by atoms with Crippen LogP contribution in [0.4, 0.5) is 5.69 Å². The van der Waals surface area contributed by atoms with E-state index < -0.39 is 0 Å². The van der Waals surface area contributed by atoms with Crippen molar-refractivity contribution in [2.24, 2.45) is 0 Å². The first-order valence-corrected chi connectivity index (χ1v) is 8.41. The van der Waals surface area contributed by atoms with Crippen LogP contribution in [0.25, 0.3) is 22.5 Å². The highest BCUT2D eigenvalue weighted by molar-refractivity contribution is 6.03. The van der Waals surface area contributed by atoms with Crippen LogP contribution >= 0.6 is 0 Å². The van der Waals surface area contributed by atoms with Gasteiger partial charge in [-0.3, -0.25) is 9.59 Å². The van der Waals surface area contributed by atoms with Crippen molar-refractivity contribution in [3.8, 4) is 22.5 Å². The Bertz CT molecular complexity index is 1130. The minimum atomic E-state index is -0.260. The van der Waals surface area contributed by atoms with Crippen molar-refractivity contribution in [3.63, 3.8) is 0 Å². The second-order valence-electron chi connectivity index (χ2n) is 5.99. The van der Waals surface area contributed by atoms with Crippen LogP contribution in [0.15, 0.2) is 83.7 Å². The normalized spacial score (nSPS) is 10.5. The SMILES string of the molecule is O=C(Nc1cccc(-c2ccc(=O)[nH]n2)c1)c1ccc(-c2ccccc2)[nH]1. The monoisotopic (exact) mass is 356 g/mol. The summed E-state index contributed by atoms with van der Waals surface area (Å²) in [6.07, 6.45) is 0. The van der Waals surface area contributed by atoms with Crippen molar-refractivity contribution < 1.29 is 4.79 Å². The van der Waals surface area contributed by atoms with Crippen LogP contribution in [0.2, 0.25) is 0 Å². The molecule has 6 nitrogen and oxygen atoms in total. The number of H-pyrrole nitrogens is 2. The molecule has 2 aromatic carbocycles. The Morgan fingerprint density at radius 1 is 0.852 bits per heavy atom. The summed E-state index contributed by atoms with van der Waals surface area (Å²) in [7, 11) is 0. The molecule has 6 heteroatoms. The fourth-order valence-electron chi connectivity index (χ4n) is 2.77. The fraction of sp³-hybridized carbons (Fsp3) is 0. The molecule has 0 fully saturated rings. The lowest BCUT2D eigenvalue weighted by atomic mass is 10.1. The molecule has 132 valence electrons. The molecule has 0 unspecified atom stereocenters. The quantitative estimate of drug-likeness (QED) is 0.521. The lowest BCUT2D eigenvalue weighted by Gasteiger charge is -2.06. The van der Waals surface area contributed by atoms with Crippen molar-refractivity contribution in [2.45, 2.75) is 0 Å². The number of aromatic amines is 2. The molecule has 2 heterocycles. The standard InChI is InChI=1S/C21H16N4O2/c26-20-12-11-18(24-25-20)15-7-4-8-16(13-15)22-21(27)19-10-9-17(23-19)14-5-2-1-3-6-14/h1-13,23H,(H,22,27)(H,25,26). The number of benzene rings is 2. The maximum absolute atomic E-state index is 12.5. The number of carbonyl (C=O) groups is 1. The largest absolute Gasteiger partial charge is 0.351 e. The first kappa shape index (κ1) is 16.5. The Labute approximate surface area is 154 Å². The molecule has 4 aromatic rings. The predicted molar refractivity (Wildman–Crippen MR) is 104 cm³/mol. The van der Waals surface area contributed by atoms with Crippen LogP contribution in [0.1, 0.15) is 10.5 Å². The molecule has 0 saturated carbocycles. The number of amides is 1. The highest BCUT2D eigenvalue weighted by atomic mass is 16.2. The Kier molecular flexibility index (Phi) is 4.37. The molecule has 0 bridgehead atoms. The summed E-state index contributed by atoms with van der Waals surface area (Å²) >= 11 is 0. The van der Waals surface area contributed by atoms with Crippen molar-refractivity contribution in [3.05, 3.63) is 94.9 Å². The van der Waals surface area contributed by atoms with Crippen LogP contribution in [0, 0.1) is 0 Å². The van der Waals surface area contributed by atoms with E-state index in [1.807, 2.05) is 48.5 Å². The summed E-state index contributed by atoms with van der Waals surface area (Å²) in [5.74, 6) is -0.233. The molecule has 0 aliphatic rings. The van der Waals surface area contributed by atoms with Crippen molar-refractivity contribution in [2.75, 3.05) is 5.32 Å². The van der Waals surface area contributed by atoms with Crippen LogP contribution in [-0.4, -0.2) is 21.1 Å². The number of hydrogen-bond acceptors (Lipinski definition) is 3. The van der Waals surface area contributed by atoms with Gasteiger partial charge in [0.15, 0.2) is 0 Å². The van der Waals surface area contributed by atoms with E-state index >= 15 is 0 Å². The molecule has 0 saturated heterocycles. The van der Waals surface area contributed by atoms with Crippen LogP contribution in [-0.2, 0) is 0 Å². The summed E-state index contributed by atoms with van der Waals surface area (Å²) in [5.41, 5.74) is 4.17. The van der Waals surface area contributed by atoms with Gasteiger partial charge in [-0.05, 0) is 35.9 Å². The van der Waals surface area contributed by atoms with Gasteiger partial charge in [-0.15, -0.1) is 0 Å². The molecule has 0 atom stereocenters. The summed E-state index contributed by atoms with van der Waals surface area (Å²) in [6, 6.07) is 23.8. The second-order valence-corrected chi connectivity index (χ2v) is 5.99. The maximum Gasteiger partial charge on any atom is 0.272 e. The third-order valence-corrected chi connectivity index (χ3v) is 4.11. The van der Waals surface area contributed by atoms with E-state index in [-0.39, 0.29) is 11.5 Å². The number of aromatic nitrogens is 3. The van der Waals surface area contributed by atoms with E-state index in [1.165, 1.54) is 6.07 Å². The van der Waals surface area contributed by atoms with E-state index in [0.29, 0.717) is 17.1 Å². The highest BCUT2D eigenvalue weighted by Crippen LogP contribution is 2.21. The molecule has 0 aliphatic carbocycles. The number of hydrogen-bond donors (Lipinski definition) is 3. The van der Waals surface area contributed by atoms with Gasteiger partial charge in [-0.2, -0.15) is 5.10 Å². The molecule has 2 aromatic heterocycles. The molecular weight excluding hydrogens is 340 g/mol. The van der Waals surface area contributed by atoms with Crippen molar-refractivity contribution in [1.82, 2.24) is 15.2 Å². The molecular formula is C21H16N4O2. The number of carbonyl (C=O) groups excluding carboxylic acids is 1. The van der Waals surface area contributed by atoms with E-state index in [9.17, 15) is 9.59 Å². The Hall–Kier alpha value is -3.93. The van der Waals surface area contributed by atoms with Gasteiger partial charge in [0.25, 0.3) is 11.5 Å². The van der Waals surface area contributed by atoms with Gasteiger partial charge < -0.3 is 10.3 Å². The van der Waals surface area contributed by atoms with Crippen LogP contribution in [0.5, 0.6) is 0 Å². The van der Waals surface area contributed by atoms with Crippen LogP contribution < -0.4 is 10.9 Å². The number of rotatable bonds is 4. The Balaban J connectivity index is 1.53. The Morgan fingerprint density at radius 2 is 1.67 bits per heavy atom. The van der Waals surface area contributed by atoms with E-state index in [1.54, 1.807) is 24.3 Å². The molecule has 4 rings (SSSR count). The molecule has 1 amide bonds. The maximum atomic E-state index is 12.5. The molecule has 27 heavy (non-hydrogen) atoms. The van der Waals surface area contributed by atoms with Crippen LogP contribution in [0.3, 0.4) is 0 Å².